The number of piperazine rings is 1. The van der Waals surface area contributed by atoms with Crippen LogP contribution in [-0.2, 0) is 16.1 Å². The molecule has 0 aliphatic carbocycles. The van der Waals surface area contributed by atoms with E-state index in [-0.39, 0.29) is 24.0 Å². The Morgan fingerprint density at radius 1 is 0.949 bits per heavy atom. The van der Waals surface area contributed by atoms with E-state index in [2.05, 4.69) is 9.97 Å². The molecule has 1 amide bonds. The third-order valence-electron chi connectivity index (χ3n) is 6.48. The molecule has 0 saturated carbocycles. The van der Waals surface area contributed by atoms with Gasteiger partial charge >= 0.3 is 11.7 Å². The van der Waals surface area contributed by atoms with Crippen molar-refractivity contribution in [2.45, 2.75) is 26.3 Å². The zero-order valence-electron chi connectivity index (χ0n) is 22.5. The second kappa shape index (κ2) is 12.9. The van der Waals surface area contributed by atoms with Crippen molar-refractivity contribution in [3.63, 3.8) is 0 Å². The van der Waals surface area contributed by atoms with Crippen LogP contribution in [0, 0.1) is 0 Å². The van der Waals surface area contributed by atoms with Crippen molar-refractivity contribution >= 4 is 17.7 Å². The number of aromatic nitrogens is 3. The van der Waals surface area contributed by atoms with Gasteiger partial charge in [-0.1, -0.05) is 6.07 Å². The van der Waals surface area contributed by atoms with Gasteiger partial charge in [0.15, 0.2) is 11.5 Å². The largest absolute Gasteiger partial charge is 0.493 e. The van der Waals surface area contributed by atoms with Crippen molar-refractivity contribution in [2.75, 3.05) is 51.9 Å². The first kappa shape index (κ1) is 27.6. The summed E-state index contributed by atoms with van der Waals surface area (Å²) in [7, 11) is 3.15. The zero-order valence-corrected chi connectivity index (χ0v) is 22.5. The lowest BCUT2D eigenvalue weighted by molar-refractivity contribution is -0.143. The topological polar surface area (TPSA) is 116 Å². The lowest BCUT2D eigenvalue weighted by atomic mass is 10.1. The highest BCUT2D eigenvalue weighted by Crippen LogP contribution is 2.31. The van der Waals surface area contributed by atoms with Gasteiger partial charge < -0.3 is 24.0 Å². The van der Waals surface area contributed by atoms with E-state index >= 15 is 0 Å². The number of amides is 1. The normalized spacial score (nSPS) is 13.2. The molecule has 4 rings (SSSR count). The van der Waals surface area contributed by atoms with Crippen molar-refractivity contribution < 1.29 is 23.8 Å². The number of benzene rings is 1. The lowest BCUT2D eigenvalue weighted by Gasteiger charge is -2.35. The van der Waals surface area contributed by atoms with Crippen molar-refractivity contribution in [2.24, 2.45) is 0 Å². The van der Waals surface area contributed by atoms with E-state index in [1.807, 2.05) is 29.2 Å². The summed E-state index contributed by atoms with van der Waals surface area (Å²) < 4.78 is 17.1. The number of esters is 1. The highest BCUT2D eigenvalue weighted by molar-refractivity contribution is 5.93. The number of nitrogens with zero attached hydrogens (tertiary/aromatic N) is 5. The highest BCUT2D eigenvalue weighted by atomic mass is 16.5. The Morgan fingerprint density at radius 3 is 2.41 bits per heavy atom. The summed E-state index contributed by atoms with van der Waals surface area (Å²) in [4.78, 5) is 49.8. The van der Waals surface area contributed by atoms with Crippen LogP contribution in [0.3, 0.4) is 0 Å². The number of carbonyl (C=O) groups excluding carboxylic acids is 2. The molecule has 1 aromatic carbocycles. The monoisotopic (exact) mass is 535 g/mol. The van der Waals surface area contributed by atoms with Crippen LogP contribution in [0.1, 0.15) is 30.3 Å². The Labute approximate surface area is 226 Å². The predicted molar refractivity (Wildman–Crippen MR) is 145 cm³/mol. The van der Waals surface area contributed by atoms with Gasteiger partial charge in [-0.25, -0.2) is 9.78 Å². The van der Waals surface area contributed by atoms with Crippen LogP contribution in [0.2, 0.25) is 0 Å². The number of hydrogen-bond acceptors (Lipinski definition) is 9. The fourth-order valence-electron chi connectivity index (χ4n) is 4.40. The van der Waals surface area contributed by atoms with Gasteiger partial charge in [-0.3, -0.25) is 14.2 Å². The van der Waals surface area contributed by atoms with Gasteiger partial charge in [-0.05, 0) is 49.7 Å². The molecule has 2 aromatic heterocycles. The van der Waals surface area contributed by atoms with E-state index in [9.17, 15) is 14.4 Å². The van der Waals surface area contributed by atoms with Crippen LogP contribution in [0.5, 0.6) is 11.5 Å². The summed E-state index contributed by atoms with van der Waals surface area (Å²) in [5.74, 6) is 1.35. The van der Waals surface area contributed by atoms with Crippen LogP contribution in [0.4, 0.5) is 5.82 Å². The molecule has 1 saturated heterocycles. The van der Waals surface area contributed by atoms with Crippen LogP contribution in [-0.4, -0.2) is 78.3 Å². The second-order valence-corrected chi connectivity index (χ2v) is 8.93. The molecule has 0 unspecified atom stereocenters. The Hall–Kier alpha value is -4.41. The molecule has 3 heterocycles. The maximum Gasteiger partial charge on any atom is 0.349 e. The SMILES string of the molecule is CCOC(=O)CCCn1ccc(N2CCN(C(=O)c3cccc(-c4ccc(OC)c(OC)c4)n3)CC2)nc1=O. The summed E-state index contributed by atoms with van der Waals surface area (Å²) in [6.45, 7) is 4.54. The summed E-state index contributed by atoms with van der Waals surface area (Å²) in [5, 5.41) is 0. The number of methoxy groups -OCH3 is 2. The molecule has 39 heavy (non-hydrogen) atoms. The average Bonchev–Trinajstić information content (AvgIpc) is 2.97. The van der Waals surface area contributed by atoms with E-state index < -0.39 is 0 Å². The Morgan fingerprint density at radius 2 is 1.72 bits per heavy atom. The summed E-state index contributed by atoms with van der Waals surface area (Å²) in [6, 6.07) is 12.7. The fraction of sp³-hybridized carbons (Fsp3) is 0.393. The second-order valence-electron chi connectivity index (χ2n) is 8.93. The van der Waals surface area contributed by atoms with Crippen LogP contribution in [0.25, 0.3) is 11.3 Å². The van der Waals surface area contributed by atoms with Crippen LogP contribution < -0.4 is 20.1 Å². The summed E-state index contributed by atoms with van der Waals surface area (Å²) in [6.07, 6.45) is 2.45. The number of hydrogen-bond donors (Lipinski definition) is 0. The van der Waals surface area contributed by atoms with E-state index in [4.69, 9.17) is 14.2 Å². The van der Waals surface area contributed by atoms with E-state index in [0.29, 0.717) is 74.5 Å². The Bertz CT molecular complexity index is 1370. The van der Waals surface area contributed by atoms with Crippen molar-refractivity contribution in [3.05, 3.63) is 64.8 Å². The molecule has 1 aliphatic heterocycles. The van der Waals surface area contributed by atoms with E-state index in [1.165, 1.54) is 4.57 Å². The third-order valence-corrected chi connectivity index (χ3v) is 6.48. The first-order valence-electron chi connectivity index (χ1n) is 12.9. The Kier molecular flexibility index (Phi) is 9.14. The quantitative estimate of drug-likeness (QED) is 0.361. The summed E-state index contributed by atoms with van der Waals surface area (Å²) >= 11 is 0. The molecule has 0 spiro atoms. The molecular weight excluding hydrogens is 502 g/mol. The number of pyridine rings is 1. The molecule has 0 bridgehead atoms. The number of anilines is 1. The molecular formula is C28H33N5O6. The van der Waals surface area contributed by atoms with Crippen molar-refractivity contribution in [1.82, 2.24) is 19.4 Å². The number of ether oxygens (including phenoxy) is 3. The Balaban J connectivity index is 1.36. The van der Waals surface area contributed by atoms with Crippen molar-refractivity contribution in [3.8, 4) is 22.8 Å². The molecule has 3 aromatic rings. The minimum absolute atomic E-state index is 0.151. The first-order chi connectivity index (χ1) is 18.9. The number of aryl methyl sites for hydroxylation is 1. The number of carbonyl (C=O) groups is 2. The zero-order chi connectivity index (χ0) is 27.8. The molecule has 206 valence electrons. The lowest BCUT2D eigenvalue weighted by Crippen LogP contribution is -2.49. The maximum atomic E-state index is 13.2. The molecule has 11 nitrogen and oxygen atoms in total. The van der Waals surface area contributed by atoms with Gasteiger partial charge in [-0.2, -0.15) is 4.98 Å². The highest BCUT2D eigenvalue weighted by Gasteiger charge is 2.24. The fourth-order valence-corrected chi connectivity index (χ4v) is 4.40. The molecule has 1 aliphatic rings. The van der Waals surface area contributed by atoms with Gasteiger partial charge in [0.05, 0.1) is 26.5 Å². The summed E-state index contributed by atoms with van der Waals surface area (Å²) in [5.41, 5.74) is 1.46. The molecule has 1 fully saturated rings. The standard InChI is InChI=1S/C28H33N5O6/c1-4-39-26(34)9-6-13-33-14-12-25(30-28(33)36)31-15-17-32(18-16-31)27(35)22-8-5-7-21(29-22)20-10-11-23(37-2)24(19-20)38-3/h5,7-8,10-12,14,19H,4,6,9,13,15-18H2,1-3H3. The van der Waals surface area contributed by atoms with Gasteiger partial charge in [-0.15, -0.1) is 0 Å². The molecule has 11 heteroatoms. The smallest absolute Gasteiger partial charge is 0.349 e. The minimum atomic E-state index is -0.369. The van der Waals surface area contributed by atoms with Gasteiger partial charge in [0.2, 0.25) is 0 Å². The predicted octanol–water partition coefficient (Wildman–Crippen LogP) is 2.63. The van der Waals surface area contributed by atoms with Gasteiger partial charge in [0.1, 0.15) is 11.5 Å². The first-order valence-corrected chi connectivity index (χ1v) is 12.9. The molecule has 0 atom stereocenters. The van der Waals surface area contributed by atoms with E-state index in [1.54, 1.807) is 50.4 Å². The van der Waals surface area contributed by atoms with Gasteiger partial charge in [0, 0.05) is 50.9 Å². The molecule has 0 radical (unpaired) electrons. The van der Waals surface area contributed by atoms with Gasteiger partial charge in [0.25, 0.3) is 5.91 Å². The number of rotatable bonds is 10. The van der Waals surface area contributed by atoms with Crippen LogP contribution in [0.15, 0.2) is 53.5 Å². The third kappa shape index (κ3) is 6.73. The van der Waals surface area contributed by atoms with E-state index in [0.717, 1.165) is 5.56 Å². The minimum Gasteiger partial charge on any atom is -0.493 e. The average molecular weight is 536 g/mol. The maximum absolute atomic E-state index is 13.2. The molecule has 0 N–H and O–H groups in total. The van der Waals surface area contributed by atoms with Crippen LogP contribution >= 0.6 is 0 Å². The van der Waals surface area contributed by atoms with Crippen molar-refractivity contribution in [1.29, 1.82) is 0 Å².